The highest BCUT2D eigenvalue weighted by Gasteiger charge is 2.36. The third-order valence-corrected chi connectivity index (χ3v) is 8.57. The normalized spacial score (nSPS) is 15.8. The van der Waals surface area contributed by atoms with E-state index < -0.39 is 12.0 Å². The van der Waals surface area contributed by atoms with Crippen molar-refractivity contribution in [3.05, 3.63) is 132 Å². The molecular formula is C33H23BrN2O6S. The molecule has 10 heteroatoms. The van der Waals surface area contributed by atoms with Crippen molar-refractivity contribution in [3.8, 4) is 22.8 Å². The molecule has 1 unspecified atom stereocenters. The number of carbonyl (C=O) groups is 1. The van der Waals surface area contributed by atoms with Crippen LogP contribution in [0.15, 0.2) is 109 Å². The van der Waals surface area contributed by atoms with Crippen LogP contribution in [0.4, 0.5) is 0 Å². The van der Waals surface area contributed by atoms with Crippen LogP contribution in [0, 0.1) is 0 Å². The van der Waals surface area contributed by atoms with E-state index >= 15 is 0 Å². The van der Waals surface area contributed by atoms with E-state index in [1.807, 2.05) is 72.8 Å². The number of carbonyl (C=O) groups excluding carboxylic acids is 1. The van der Waals surface area contributed by atoms with E-state index in [2.05, 4.69) is 15.9 Å². The van der Waals surface area contributed by atoms with Gasteiger partial charge in [-0.3, -0.25) is 9.36 Å². The summed E-state index contributed by atoms with van der Waals surface area (Å²) in [5, 5.41) is 0. The molecule has 1 atom stereocenters. The molecule has 7 rings (SSSR count). The molecule has 0 amide bonds. The summed E-state index contributed by atoms with van der Waals surface area (Å²) in [4.78, 5) is 33.1. The minimum Gasteiger partial charge on any atom is -0.463 e. The van der Waals surface area contributed by atoms with Gasteiger partial charge in [0.05, 0.1) is 28.5 Å². The molecule has 43 heavy (non-hydrogen) atoms. The highest BCUT2D eigenvalue weighted by molar-refractivity contribution is 9.10. The zero-order chi connectivity index (χ0) is 29.5. The van der Waals surface area contributed by atoms with Gasteiger partial charge in [-0.25, -0.2) is 9.79 Å². The first-order chi connectivity index (χ1) is 21.0. The number of furan rings is 1. The number of hydrogen-bond acceptors (Lipinski definition) is 8. The second kappa shape index (κ2) is 11.2. The minimum atomic E-state index is -0.823. The third-order valence-electron chi connectivity index (χ3n) is 7.10. The average molecular weight is 656 g/mol. The Kier molecular flexibility index (Phi) is 7.08. The van der Waals surface area contributed by atoms with Gasteiger partial charge < -0.3 is 18.6 Å². The fraction of sp³-hybridized carbons (Fsp3) is 0.121. The van der Waals surface area contributed by atoms with E-state index in [1.54, 1.807) is 29.7 Å². The molecule has 2 aliphatic rings. The maximum atomic E-state index is 14.1. The van der Waals surface area contributed by atoms with E-state index in [9.17, 15) is 9.59 Å². The number of fused-ring (bicyclic) bond motifs is 2. The van der Waals surface area contributed by atoms with Crippen molar-refractivity contribution in [2.75, 3.05) is 13.4 Å². The first-order valence-electron chi connectivity index (χ1n) is 13.5. The van der Waals surface area contributed by atoms with Crippen LogP contribution in [0.25, 0.3) is 23.1 Å². The van der Waals surface area contributed by atoms with Gasteiger partial charge in [0.25, 0.3) is 5.56 Å². The van der Waals surface area contributed by atoms with E-state index in [0.717, 1.165) is 15.6 Å². The predicted octanol–water partition coefficient (Wildman–Crippen LogP) is 5.69. The van der Waals surface area contributed by atoms with Crippen molar-refractivity contribution in [2.24, 2.45) is 4.99 Å². The lowest BCUT2D eigenvalue weighted by molar-refractivity contribution is -0.138. The largest absolute Gasteiger partial charge is 0.463 e. The molecule has 4 heterocycles. The second-order valence-corrected chi connectivity index (χ2v) is 11.7. The number of esters is 1. The summed E-state index contributed by atoms with van der Waals surface area (Å²) in [6.07, 6.45) is 1.71. The molecule has 0 N–H and O–H groups in total. The molecule has 0 spiro atoms. The van der Waals surface area contributed by atoms with E-state index in [0.29, 0.717) is 43.6 Å². The quantitative estimate of drug-likeness (QED) is 0.219. The Balaban J connectivity index is 1.43. The van der Waals surface area contributed by atoms with Crippen LogP contribution < -0.4 is 24.4 Å². The van der Waals surface area contributed by atoms with Crippen molar-refractivity contribution >= 4 is 45.0 Å². The molecule has 0 saturated heterocycles. The van der Waals surface area contributed by atoms with E-state index in [4.69, 9.17) is 23.6 Å². The lowest BCUT2D eigenvalue weighted by Gasteiger charge is -2.26. The topological polar surface area (TPSA) is 92.3 Å². The number of halogens is 1. The predicted molar refractivity (Wildman–Crippen MR) is 165 cm³/mol. The van der Waals surface area contributed by atoms with Crippen molar-refractivity contribution in [1.29, 1.82) is 0 Å². The van der Waals surface area contributed by atoms with Gasteiger partial charge in [-0.05, 0) is 48.9 Å². The SMILES string of the molecule is CCOC(=O)C1=C(c2ccccc2)N=c2s/c(=C\c3ccc(-c4cccc(Br)c4)o3)c(=O)n2C1c1ccc2c(c1)OCO2. The van der Waals surface area contributed by atoms with Crippen LogP contribution in [0.1, 0.15) is 29.9 Å². The zero-order valence-electron chi connectivity index (χ0n) is 22.8. The Morgan fingerprint density at radius 1 is 1.02 bits per heavy atom. The third kappa shape index (κ3) is 5.02. The molecular weight excluding hydrogens is 632 g/mol. The Morgan fingerprint density at radius 2 is 1.84 bits per heavy atom. The van der Waals surface area contributed by atoms with E-state index in [1.165, 1.54) is 11.3 Å². The molecule has 5 aromatic rings. The van der Waals surface area contributed by atoms with Gasteiger partial charge in [0, 0.05) is 21.7 Å². The van der Waals surface area contributed by atoms with Gasteiger partial charge >= 0.3 is 5.97 Å². The zero-order valence-corrected chi connectivity index (χ0v) is 25.2. The average Bonchev–Trinajstić information content (AvgIpc) is 3.76. The number of hydrogen-bond donors (Lipinski definition) is 0. The Morgan fingerprint density at radius 3 is 2.65 bits per heavy atom. The van der Waals surface area contributed by atoms with Crippen LogP contribution in [0.5, 0.6) is 11.5 Å². The fourth-order valence-electron chi connectivity index (χ4n) is 5.20. The number of aromatic nitrogens is 1. The summed E-state index contributed by atoms with van der Waals surface area (Å²) < 4.78 is 25.7. The summed E-state index contributed by atoms with van der Waals surface area (Å²) in [5.74, 6) is 1.78. The summed E-state index contributed by atoms with van der Waals surface area (Å²) in [6.45, 7) is 2.02. The molecule has 2 aliphatic heterocycles. The molecule has 0 saturated carbocycles. The molecule has 2 aromatic heterocycles. The maximum Gasteiger partial charge on any atom is 0.338 e. The number of nitrogens with zero attached hydrogens (tertiary/aromatic N) is 2. The molecule has 214 valence electrons. The van der Waals surface area contributed by atoms with Crippen LogP contribution in [0.2, 0.25) is 0 Å². The highest BCUT2D eigenvalue weighted by Crippen LogP contribution is 2.40. The van der Waals surface area contributed by atoms with E-state index in [-0.39, 0.29) is 24.5 Å². The summed E-state index contributed by atoms with van der Waals surface area (Å²) in [7, 11) is 0. The fourth-order valence-corrected chi connectivity index (χ4v) is 6.58. The highest BCUT2D eigenvalue weighted by atomic mass is 79.9. The number of thiazole rings is 1. The van der Waals surface area contributed by atoms with Crippen molar-refractivity contribution < 1.29 is 23.4 Å². The van der Waals surface area contributed by atoms with Crippen molar-refractivity contribution in [3.63, 3.8) is 0 Å². The van der Waals surface area contributed by atoms with Crippen LogP contribution in [-0.4, -0.2) is 23.9 Å². The minimum absolute atomic E-state index is 0.0997. The first kappa shape index (κ1) is 27.2. The first-order valence-corrected chi connectivity index (χ1v) is 15.1. The van der Waals surface area contributed by atoms with Crippen molar-refractivity contribution in [1.82, 2.24) is 4.57 Å². The standard InChI is InChI=1S/C33H23BrN2O6S/c1-2-39-32(38)28-29(19-7-4-3-5-8-19)35-33-36(30(28)21-11-13-25-26(16-21)41-18-40-25)31(37)27(43-33)17-23-12-14-24(42-23)20-9-6-10-22(34)15-20/h3-17,30H,2,18H2,1H3/b27-17-. The van der Waals surface area contributed by atoms with Crippen LogP contribution >= 0.6 is 27.3 Å². The monoisotopic (exact) mass is 654 g/mol. The van der Waals surface area contributed by atoms with Gasteiger partial charge in [0.2, 0.25) is 6.79 Å². The molecule has 0 bridgehead atoms. The van der Waals surface area contributed by atoms with Crippen molar-refractivity contribution in [2.45, 2.75) is 13.0 Å². The smallest absolute Gasteiger partial charge is 0.338 e. The Bertz CT molecular complexity index is 2090. The van der Waals surface area contributed by atoms with Gasteiger partial charge in [-0.1, -0.05) is 75.8 Å². The van der Waals surface area contributed by atoms with Gasteiger partial charge in [0.1, 0.15) is 11.5 Å². The Labute approximate surface area is 257 Å². The molecule has 0 radical (unpaired) electrons. The Hall–Kier alpha value is -4.67. The lowest BCUT2D eigenvalue weighted by atomic mass is 9.93. The van der Waals surface area contributed by atoms with Crippen LogP contribution in [0.3, 0.4) is 0 Å². The van der Waals surface area contributed by atoms with Gasteiger partial charge in [0.15, 0.2) is 16.3 Å². The number of ether oxygens (including phenoxy) is 3. The van der Waals surface area contributed by atoms with Gasteiger partial charge in [-0.15, -0.1) is 0 Å². The summed E-state index contributed by atoms with van der Waals surface area (Å²) in [5.41, 5.74) is 2.72. The molecule has 0 aliphatic carbocycles. The number of benzene rings is 3. The van der Waals surface area contributed by atoms with Gasteiger partial charge in [-0.2, -0.15) is 0 Å². The maximum absolute atomic E-state index is 14.1. The second-order valence-electron chi connectivity index (χ2n) is 9.76. The number of rotatable bonds is 6. The van der Waals surface area contributed by atoms with Crippen LogP contribution in [-0.2, 0) is 9.53 Å². The lowest BCUT2D eigenvalue weighted by Crippen LogP contribution is -2.40. The molecule has 0 fully saturated rings. The molecule has 3 aromatic carbocycles. The molecule has 8 nitrogen and oxygen atoms in total. The summed E-state index contributed by atoms with van der Waals surface area (Å²) in [6, 6.07) is 25.5. The summed E-state index contributed by atoms with van der Waals surface area (Å²) >= 11 is 4.73.